The molecule has 0 N–H and O–H groups in total. The molecule has 0 fully saturated rings. The Morgan fingerprint density at radius 2 is 1.19 bits per heavy atom. The van der Waals surface area contributed by atoms with Gasteiger partial charge in [0.05, 0.1) is 12.8 Å². The van der Waals surface area contributed by atoms with E-state index < -0.39 is 0 Å². The molecule has 42 heavy (non-hydrogen) atoms. The second-order valence-corrected chi connectivity index (χ2v) is 18.9. The van der Waals surface area contributed by atoms with Crippen LogP contribution >= 0.6 is 43.2 Å². The molecule has 0 bridgehead atoms. The van der Waals surface area contributed by atoms with Crippen molar-refractivity contribution in [1.29, 1.82) is 0 Å². The Kier molecular flexibility index (Phi) is 24.6. The molecule has 0 amide bonds. The molecule has 0 aromatic carbocycles. The third-order valence-electron chi connectivity index (χ3n) is 6.83. The number of carbonyl (C=O) groups is 2. The van der Waals surface area contributed by atoms with Gasteiger partial charge in [0.1, 0.15) is 13.2 Å². The molecule has 0 spiro atoms. The van der Waals surface area contributed by atoms with Crippen molar-refractivity contribution in [3.63, 3.8) is 0 Å². The predicted octanol–water partition coefficient (Wildman–Crippen LogP) is 8.40. The highest BCUT2D eigenvalue weighted by molar-refractivity contribution is 8.77. The molecule has 10 heteroatoms. The Hall–Kier alpha value is 0.260. The number of carbonyl (C=O) groups excluding carboxylic acids is 2. The fourth-order valence-corrected chi connectivity index (χ4v) is 9.91. The molecule has 0 heterocycles. The zero-order chi connectivity index (χ0) is 32.0. The lowest BCUT2D eigenvalue weighted by molar-refractivity contribution is -0.143. The zero-order valence-corrected chi connectivity index (χ0v) is 31.9. The standard InChI is InChI=1S/C32H64N2O4S4/c1-11-28(4)24-32(7,8)26-42-40-22-20-38-30(36)14-18-34(16-12-15-33(9)10)17-13-29(35)37-19-21-39-41-25-31(5,6)23-27(2)3/h27-28H,11-26H2,1-10H3. The number of esters is 2. The topological polar surface area (TPSA) is 59.1 Å². The van der Waals surface area contributed by atoms with Crippen LogP contribution in [0.5, 0.6) is 0 Å². The van der Waals surface area contributed by atoms with Gasteiger partial charge in [-0.25, -0.2) is 0 Å². The number of rotatable bonds is 27. The third kappa shape index (κ3) is 26.6. The molecule has 0 saturated carbocycles. The first-order valence-corrected chi connectivity index (χ1v) is 20.8. The molecule has 0 aliphatic heterocycles. The van der Waals surface area contributed by atoms with E-state index >= 15 is 0 Å². The van der Waals surface area contributed by atoms with Crippen LogP contribution < -0.4 is 0 Å². The zero-order valence-electron chi connectivity index (χ0n) is 28.6. The number of nitrogens with zero attached hydrogens (tertiary/aromatic N) is 2. The van der Waals surface area contributed by atoms with Crippen molar-refractivity contribution in [2.24, 2.45) is 22.7 Å². The Morgan fingerprint density at radius 1 is 0.714 bits per heavy atom. The van der Waals surface area contributed by atoms with Gasteiger partial charge >= 0.3 is 11.9 Å². The summed E-state index contributed by atoms with van der Waals surface area (Å²) in [4.78, 5) is 29.1. The molecule has 0 saturated heterocycles. The molecule has 1 atom stereocenters. The highest BCUT2D eigenvalue weighted by atomic mass is 33.1. The molecule has 0 rings (SSSR count). The van der Waals surface area contributed by atoms with Crippen molar-refractivity contribution >= 4 is 55.1 Å². The quantitative estimate of drug-likeness (QED) is 0.0485. The van der Waals surface area contributed by atoms with Crippen molar-refractivity contribution in [3.8, 4) is 0 Å². The van der Waals surface area contributed by atoms with E-state index in [0.717, 1.165) is 48.4 Å². The van der Waals surface area contributed by atoms with Crippen LogP contribution in [0.15, 0.2) is 0 Å². The molecular formula is C32H64N2O4S4. The number of hydrogen-bond acceptors (Lipinski definition) is 10. The maximum absolute atomic E-state index is 12.4. The first-order chi connectivity index (χ1) is 19.7. The Labute approximate surface area is 275 Å². The van der Waals surface area contributed by atoms with E-state index in [0.29, 0.717) is 55.9 Å². The summed E-state index contributed by atoms with van der Waals surface area (Å²) in [5.41, 5.74) is 0.654. The van der Waals surface area contributed by atoms with Crippen LogP contribution in [-0.4, -0.2) is 98.2 Å². The summed E-state index contributed by atoms with van der Waals surface area (Å²) in [6.45, 7) is 22.3. The Morgan fingerprint density at radius 3 is 1.62 bits per heavy atom. The van der Waals surface area contributed by atoms with Crippen molar-refractivity contribution < 1.29 is 19.1 Å². The predicted molar refractivity (Wildman–Crippen MR) is 192 cm³/mol. The largest absolute Gasteiger partial charge is 0.465 e. The van der Waals surface area contributed by atoms with Crippen LogP contribution in [0.2, 0.25) is 0 Å². The lowest BCUT2D eigenvalue weighted by atomic mass is 9.84. The van der Waals surface area contributed by atoms with E-state index in [4.69, 9.17) is 9.47 Å². The van der Waals surface area contributed by atoms with E-state index in [1.807, 2.05) is 21.6 Å². The maximum Gasteiger partial charge on any atom is 0.307 e. The van der Waals surface area contributed by atoms with E-state index in [-0.39, 0.29) is 11.9 Å². The minimum atomic E-state index is -0.164. The van der Waals surface area contributed by atoms with Crippen molar-refractivity contribution in [3.05, 3.63) is 0 Å². The second-order valence-electron chi connectivity index (χ2n) is 13.8. The molecule has 0 aromatic heterocycles. The minimum Gasteiger partial charge on any atom is -0.465 e. The van der Waals surface area contributed by atoms with Crippen molar-refractivity contribution in [2.75, 3.05) is 76.5 Å². The van der Waals surface area contributed by atoms with Gasteiger partial charge in [-0.1, -0.05) is 105 Å². The summed E-state index contributed by atoms with van der Waals surface area (Å²) in [5, 5.41) is 0. The lowest BCUT2D eigenvalue weighted by Crippen LogP contribution is -2.32. The normalized spacial score (nSPS) is 13.3. The van der Waals surface area contributed by atoms with Crippen molar-refractivity contribution in [1.82, 2.24) is 9.80 Å². The van der Waals surface area contributed by atoms with Crippen molar-refractivity contribution in [2.45, 2.75) is 93.9 Å². The van der Waals surface area contributed by atoms with Gasteiger partial charge in [-0.05, 0) is 69.1 Å². The molecule has 0 radical (unpaired) electrons. The summed E-state index contributed by atoms with van der Waals surface area (Å²) in [6, 6.07) is 0. The summed E-state index contributed by atoms with van der Waals surface area (Å²) in [5.74, 6) is 4.95. The average molecular weight is 669 g/mol. The maximum atomic E-state index is 12.4. The third-order valence-corrected chi connectivity index (χ3v) is 12.3. The van der Waals surface area contributed by atoms with Gasteiger partial charge in [0.25, 0.3) is 0 Å². The molecule has 0 aliphatic carbocycles. The van der Waals surface area contributed by atoms with Gasteiger partial charge in [-0.15, -0.1) is 0 Å². The van der Waals surface area contributed by atoms with Gasteiger partial charge in [0.15, 0.2) is 0 Å². The number of hydrogen-bond donors (Lipinski definition) is 0. The van der Waals surface area contributed by atoms with E-state index in [2.05, 4.69) is 79.3 Å². The van der Waals surface area contributed by atoms with Gasteiger partial charge in [-0.3, -0.25) is 9.59 Å². The first kappa shape index (κ1) is 42.3. The molecular weight excluding hydrogens is 605 g/mol. The summed E-state index contributed by atoms with van der Waals surface area (Å²) in [6.07, 6.45) is 5.36. The Bertz CT molecular complexity index is 708. The highest BCUT2D eigenvalue weighted by Gasteiger charge is 2.21. The van der Waals surface area contributed by atoms with Gasteiger partial charge in [-0.2, -0.15) is 0 Å². The SMILES string of the molecule is CCC(C)CC(C)(C)CSSCCOC(=O)CCN(CCCN(C)C)CCC(=O)OCCSSCC(C)(C)CC(C)C. The first-order valence-electron chi connectivity index (χ1n) is 15.8. The molecule has 1 unspecified atom stereocenters. The molecule has 0 aromatic rings. The molecule has 250 valence electrons. The van der Waals surface area contributed by atoms with Crippen LogP contribution in [0, 0.1) is 22.7 Å². The summed E-state index contributed by atoms with van der Waals surface area (Å²) >= 11 is 0. The summed E-state index contributed by atoms with van der Waals surface area (Å²) < 4.78 is 11.0. The molecule has 0 aliphatic rings. The fourth-order valence-electron chi connectivity index (χ4n) is 4.80. The average Bonchev–Trinajstić information content (AvgIpc) is 2.87. The monoisotopic (exact) mass is 668 g/mol. The van der Waals surface area contributed by atoms with Crippen LogP contribution in [0.25, 0.3) is 0 Å². The van der Waals surface area contributed by atoms with Crippen LogP contribution in [-0.2, 0) is 19.1 Å². The fraction of sp³-hybridized carbons (Fsp3) is 0.938. The summed E-state index contributed by atoms with van der Waals surface area (Å²) in [7, 11) is 11.4. The van der Waals surface area contributed by atoms with E-state index in [9.17, 15) is 9.59 Å². The Balaban J connectivity index is 4.25. The lowest BCUT2D eigenvalue weighted by Gasteiger charge is -2.27. The van der Waals surface area contributed by atoms with Gasteiger partial charge < -0.3 is 19.3 Å². The van der Waals surface area contributed by atoms with Crippen LogP contribution in [0.1, 0.15) is 93.9 Å². The highest BCUT2D eigenvalue weighted by Crippen LogP contribution is 2.35. The minimum absolute atomic E-state index is 0.163. The van der Waals surface area contributed by atoms with E-state index in [1.165, 1.54) is 19.3 Å². The number of ether oxygens (including phenoxy) is 2. The van der Waals surface area contributed by atoms with Crippen LogP contribution in [0.3, 0.4) is 0 Å². The van der Waals surface area contributed by atoms with E-state index in [1.54, 1.807) is 21.6 Å². The second kappa shape index (κ2) is 24.5. The van der Waals surface area contributed by atoms with Crippen LogP contribution in [0.4, 0.5) is 0 Å². The molecule has 6 nitrogen and oxygen atoms in total. The smallest absolute Gasteiger partial charge is 0.307 e. The van der Waals surface area contributed by atoms with Gasteiger partial charge in [0.2, 0.25) is 0 Å². The van der Waals surface area contributed by atoms with Gasteiger partial charge in [0, 0.05) is 36.1 Å².